The average Bonchev–Trinajstić information content (AvgIpc) is 2.82. The Hall–Kier alpha value is -2.21. The van der Waals surface area contributed by atoms with Gasteiger partial charge in [0, 0.05) is 10.1 Å². The lowest BCUT2D eigenvalue weighted by atomic mass is 10.2. The molecule has 3 rings (SSSR count). The number of hydrogen-bond donors (Lipinski definition) is 1. The van der Waals surface area contributed by atoms with Crippen molar-refractivity contribution in [1.29, 1.82) is 0 Å². The maximum Gasteiger partial charge on any atom is 0.328 e. The number of thiophene rings is 1. The molecular formula is C14H12N2O3S. The van der Waals surface area contributed by atoms with Gasteiger partial charge < -0.3 is 5.11 Å². The largest absolute Gasteiger partial charge is 0.480 e. The van der Waals surface area contributed by atoms with E-state index in [1.54, 1.807) is 6.92 Å². The minimum Gasteiger partial charge on any atom is -0.480 e. The zero-order chi connectivity index (χ0) is 14.4. The number of carboxylic acids is 1. The molecule has 102 valence electrons. The SMILES string of the molecule is Cc1nn([C@@H](C)C(=O)O)c(=O)c2c1sc1ccccc12. The van der Waals surface area contributed by atoms with Gasteiger partial charge in [0.05, 0.1) is 15.8 Å². The molecule has 2 aromatic heterocycles. The van der Waals surface area contributed by atoms with Crippen LogP contribution in [0.5, 0.6) is 0 Å². The molecule has 2 heterocycles. The van der Waals surface area contributed by atoms with Gasteiger partial charge in [-0.05, 0) is 19.9 Å². The minimum atomic E-state index is -1.07. The van der Waals surface area contributed by atoms with Crippen molar-refractivity contribution in [2.75, 3.05) is 0 Å². The van der Waals surface area contributed by atoms with Crippen LogP contribution in [-0.4, -0.2) is 20.9 Å². The summed E-state index contributed by atoms with van der Waals surface area (Å²) >= 11 is 1.51. The molecule has 0 radical (unpaired) electrons. The minimum absolute atomic E-state index is 0.349. The van der Waals surface area contributed by atoms with Crippen molar-refractivity contribution < 1.29 is 9.90 Å². The Kier molecular flexibility index (Phi) is 2.83. The van der Waals surface area contributed by atoms with E-state index in [0.29, 0.717) is 11.1 Å². The summed E-state index contributed by atoms with van der Waals surface area (Å²) < 4.78 is 2.88. The van der Waals surface area contributed by atoms with Crippen LogP contribution < -0.4 is 5.56 Å². The maximum absolute atomic E-state index is 12.5. The first kappa shape index (κ1) is 12.8. The molecule has 0 saturated carbocycles. The third kappa shape index (κ3) is 1.72. The average molecular weight is 288 g/mol. The van der Waals surface area contributed by atoms with E-state index < -0.39 is 12.0 Å². The first-order valence-electron chi connectivity index (χ1n) is 6.14. The number of carbonyl (C=O) groups is 1. The fraction of sp³-hybridized carbons (Fsp3) is 0.214. The highest BCUT2D eigenvalue weighted by molar-refractivity contribution is 7.26. The van der Waals surface area contributed by atoms with Crippen molar-refractivity contribution >= 4 is 37.5 Å². The van der Waals surface area contributed by atoms with Gasteiger partial charge in [-0.3, -0.25) is 4.79 Å². The smallest absolute Gasteiger partial charge is 0.328 e. The summed E-state index contributed by atoms with van der Waals surface area (Å²) in [4.78, 5) is 23.6. The number of aryl methyl sites for hydroxylation is 1. The van der Waals surface area contributed by atoms with E-state index in [1.165, 1.54) is 18.3 Å². The quantitative estimate of drug-likeness (QED) is 0.786. The van der Waals surface area contributed by atoms with E-state index in [4.69, 9.17) is 5.11 Å². The molecule has 0 aliphatic carbocycles. The lowest BCUT2D eigenvalue weighted by Crippen LogP contribution is -2.30. The summed E-state index contributed by atoms with van der Waals surface area (Å²) in [5, 5.41) is 14.7. The van der Waals surface area contributed by atoms with Gasteiger partial charge in [-0.15, -0.1) is 11.3 Å². The number of aromatic nitrogens is 2. The zero-order valence-electron chi connectivity index (χ0n) is 11.0. The third-order valence-electron chi connectivity index (χ3n) is 3.33. The lowest BCUT2D eigenvalue weighted by molar-refractivity contribution is -0.140. The fourth-order valence-corrected chi connectivity index (χ4v) is 3.38. The predicted molar refractivity (Wildman–Crippen MR) is 78.5 cm³/mol. The van der Waals surface area contributed by atoms with E-state index in [1.807, 2.05) is 24.3 Å². The van der Waals surface area contributed by atoms with E-state index in [-0.39, 0.29) is 5.56 Å². The van der Waals surface area contributed by atoms with E-state index in [0.717, 1.165) is 19.5 Å². The first-order chi connectivity index (χ1) is 9.50. The van der Waals surface area contributed by atoms with Gasteiger partial charge in [0.1, 0.15) is 0 Å². The van der Waals surface area contributed by atoms with Crippen molar-refractivity contribution in [1.82, 2.24) is 9.78 Å². The number of carboxylic acid groups (broad SMARTS) is 1. The van der Waals surface area contributed by atoms with Crippen molar-refractivity contribution in [3.05, 3.63) is 40.3 Å². The van der Waals surface area contributed by atoms with Crippen molar-refractivity contribution in [2.45, 2.75) is 19.9 Å². The molecule has 1 atom stereocenters. The Balaban J connectivity index is 2.48. The van der Waals surface area contributed by atoms with Crippen LogP contribution in [0, 0.1) is 6.92 Å². The monoisotopic (exact) mass is 288 g/mol. The molecule has 0 spiro atoms. The summed E-state index contributed by atoms with van der Waals surface area (Å²) in [6.07, 6.45) is 0. The second-order valence-corrected chi connectivity index (χ2v) is 5.70. The van der Waals surface area contributed by atoms with Gasteiger partial charge in [-0.2, -0.15) is 5.10 Å². The number of rotatable bonds is 2. The number of benzene rings is 1. The molecule has 1 aromatic carbocycles. The lowest BCUT2D eigenvalue weighted by Gasteiger charge is -2.10. The molecule has 3 aromatic rings. The normalized spacial score (nSPS) is 12.9. The second-order valence-electron chi connectivity index (χ2n) is 4.65. The van der Waals surface area contributed by atoms with E-state index >= 15 is 0 Å². The van der Waals surface area contributed by atoms with Crippen molar-refractivity contribution in [3.8, 4) is 0 Å². The number of fused-ring (bicyclic) bond motifs is 3. The van der Waals surface area contributed by atoms with Gasteiger partial charge in [0.25, 0.3) is 5.56 Å². The Morgan fingerprint density at radius 3 is 2.80 bits per heavy atom. The molecule has 0 saturated heterocycles. The Bertz CT molecular complexity index is 894. The highest BCUT2D eigenvalue weighted by atomic mass is 32.1. The zero-order valence-corrected chi connectivity index (χ0v) is 11.8. The van der Waals surface area contributed by atoms with Gasteiger partial charge in [0.15, 0.2) is 6.04 Å². The van der Waals surface area contributed by atoms with Crippen LogP contribution >= 0.6 is 11.3 Å². The van der Waals surface area contributed by atoms with Crippen molar-refractivity contribution in [2.24, 2.45) is 0 Å². The summed E-state index contributed by atoms with van der Waals surface area (Å²) in [6.45, 7) is 3.25. The molecule has 5 nitrogen and oxygen atoms in total. The van der Waals surface area contributed by atoms with Gasteiger partial charge in [-0.1, -0.05) is 18.2 Å². The molecule has 1 N–H and O–H groups in total. The van der Waals surface area contributed by atoms with E-state index in [2.05, 4.69) is 5.10 Å². The molecule has 6 heteroatoms. The number of hydrogen-bond acceptors (Lipinski definition) is 4. The fourth-order valence-electron chi connectivity index (χ4n) is 2.25. The first-order valence-corrected chi connectivity index (χ1v) is 6.96. The maximum atomic E-state index is 12.5. The summed E-state index contributed by atoms with van der Waals surface area (Å²) in [5.74, 6) is -1.07. The van der Waals surface area contributed by atoms with Crippen LogP contribution in [0.3, 0.4) is 0 Å². The van der Waals surface area contributed by atoms with Crippen LogP contribution in [0.1, 0.15) is 18.7 Å². The Morgan fingerprint density at radius 1 is 1.40 bits per heavy atom. The van der Waals surface area contributed by atoms with Crippen molar-refractivity contribution in [3.63, 3.8) is 0 Å². The highest BCUT2D eigenvalue weighted by Crippen LogP contribution is 2.32. The molecule has 0 bridgehead atoms. The summed E-state index contributed by atoms with van der Waals surface area (Å²) in [6, 6.07) is 6.63. The summed E-state index contributed by atoms with van der Waals surface area (Å²) in [5.41, 5.74) is 0.326. The van der Waals surface area contributed by atoms with Gasteiger partial charge >= 0.3 is 5.97 Å². The Labute approximate surface area is 118 Å². The van der Waals surface area contributed by atoms with Crippen LogP contribution in [0.2, 0.25) is 0 Å². The van der Waals surface area contributed by atoms with Crippen LogP contribution in [0.4, 0.5) is 0 Å². The van der Waals surface area contributed by atoms with Crippen LogP contribution in [0.15, 0.2) is 29.1 Å². The number of nitrogens with zero attached hydrogens (tertiary/aromatic N) is 2. The second kappa shape index (κ2) is 4.42. The molecule has 20 heavy (non-hydrogen) atoms. The topological polar surface area (TPSA) is 72.2 Å². The van der Waals surface area contributed by atoms with Crippen LogP contribution in [0.25, 0.3) is 20.2 Å². The predicted octanol–water partition coefficient (Wildman–Crippen LogP) is 2.57. The van der Waals surface area contributed by atoms with Gasteiger partial charge in [-0.25, -0.2) is 9.48 Å². The van der Waals surface area contributed by atoms with Crippen LogP contribution in [-0.2, 0) is 4.79 Å². The Morgan fingerprint density at radius 2 is 2.10 bits per heavy atom. The molecular weight excluding hydrogens is 276 g/mol. The molecule has 0 aliphatic heterocycles. The van der Waals surface area contributed by atoms with Gasteiger partial charge in [0.2, 0.25) is 0 Å². The standard InChI is InChI=1S/C14H12N2O3S/c1-7-12-11(9-5-3-4-6-10(9)20-12)13(17)16(15-7)8(2)14(18)19/h3-6,8H,1-2H3,(H,18,19)/t8-/m0/s1. The third-order valence-corrected chi connectivity index (χ3v) is 4.61. The number of aliphatic carboxylic acids is 1. The molecule has 0 fully saturated rings. The molecule has 0 amide bonds. The molecule has 0 aliphatic rings. The summed E-state index contributed by atoms with van der Waals surface area (Å²) in [7, 11) is 0. The highest BCUT2D eigenvalue weighted by Gasteiger charge is 2.20. The molecule has 0 unspecified atom stereocenters. The van der Waals surface area contributed by atoms with E-state index in [9.17, 15) is 9.59 Å².